The molecular weight excluding hydrogens is 304 g/mol. The van der Waals surface area contributed by atoms with Crippen LogP contribution in [0.25, 0.3) is 0 Å². The third-order valence-electron chi connectivity index (χ3n) is 5.51. The fraction of sp³-hybridized carbons (Fsp3) is 0.588. The van der Waals surface area contributed by atoms with Gasteiger partial charge in [0.25, 0.3) is 5.91 Å². The summed E-state index contributed by atoms with van der Waals surface area (Å²) in [6, 6.07) is 1.68. The number of likely N-dealkylation sites (tertiary alicyclic amines) is 1. The molecule has 1 unspecified atom stereocenters. The number of carbonyl (C=O) groups excluding carboxylic acids is 1. The van der Waals surface area contributed by atoms with Crippen LogP contribution in [0, 0.1) is 5.41 Å². The van der Waals surface area contributed by atoms with Gasteiger partial charge in [-0.15, -0.1) is 10.2 Å². The molecule has 1 amide bonds. The highest BCUT2D eigenvalue weighted by atomic mass is 16.2. The minimum Gasteiger partial charge on any atom is -0.336 e. The number of hydrogen-bond acceptors (Lipinski definition) is 5. The van der Waals surface area contributed by atoms with Crippen molar-refractivity contribution in [1.29, 1.82) is 0 Å². The lowest BCUT2D eigenvalue weighted by Gasteiger charge is -2.42. The Morgan fingerprint density at radius 3 is 2.96 bits per heavy atom. The average Bonchev–Trinajstić information content (AvgIpc) is 3.19. The number of aromatic nitrogens is 5. The van der Waals surface area contributed by atoms with E-state index in [4.69, 9.17) is 0 Å². The summed E-state index contributed by atoms with van der Waals surface area (Å²) in [4.78, 5) is 22.7. The predicted molar refractivity (Wildman–Crippen MR) is 87.3 cm³/mol. The lowest BCUT2D eigenvalue weighted by atomic mass is 9.62. The first-order valence-corrected chi connectivity index (χ1v) is 8.66. The Morgan fingerprint density at radius 2 is 2.29 bits per heavy atom. The molecule has 3 heterocycles. The van der Waals surface area contributed by atoms with Gasteiger partial charge in [-0.05, 0) is 30.7 Å². The summed E-state index contributed by atoms with van der Waals surface area (Å²) in [7, 11) is 0. The largest absolute Gasteiger partial charge is 0.336 e. The van der Waals surface area contributed by atoms with Gasteiger partial charge in [-0.2, -0.15) is 0 Å². The Bertz CT molecular complexity index is 724. The molecule has 1 saturated carbocycles. The van der Waals surface area contributed by atoms with Crippen LogP contribution in [0.4, 0.5) is 0 Å². The van der Waals surface area contributed by atoms with Gasteiger partial charge < -0.3 is 9.47 Å². The van der Waals surface area contributed by atoms with Crippen molar-refractivity contribution in [2.24, 2.45) is 5.41 Å². The van der Waals surface area contributed by atoms with Crippen LogP contribution in [0.2, 0.25) is 0 Å². The molecule has 0 bridgehead atoms. The molecule has 2 aromatic heterocycles. The van der Waals surface area contributed by atoms with Gasteiger partial charge in [0.05, 0.1) is 0 Å². The van der Waals surface area contributed by atoms with E-state index in [1.807, 2.05) is 11.2 Å². The Kier molecular flexibility index (Phi) is 3.78. The van der Waals surface area contributed by atoms with Gasteiger partial charge in [0, 0.05) is 31.7 Å². The zero-order valence-corrected chi connectivity index (χ0v) is 13.9. The van der Waals surface area contributed by atoms with Crippen LogP contribution in [-0.4, -0.2) is 48.6 Å². The predicted octanol–water partition coefficient (Wildman–Crippen LogP) is 1.89. The number of amides is 1. The van der Waals surface area contributed by atoms with E-state index >= 15 is 0 Å². The van der Waals surface area contributed by atoms with E-state index in [9.17, 15) is 4.79 Å². The van der Waals surface area contributed by atoms with Crippen LogP contribution in [-0.2, 0) is 6.54 Å². The molecule has 2 fully saturated rings. The van der Waals surface area contributed by atoms with E-state index in [1.54, 1.807) is 12.3 Å². The zero-order valence-electron chi connectivity index (χ0n) is 13.9. The molecule has 1 atom stereocenters. The molecular formula is C17H22N6O. The number of aryl methyl sites for hydroxylation is 1. The van der Waals surface area contributed by atoms with Crippen molar-refractivity contribution in [2.45, 2.75) is 45.1 Å². The van der Waals surface area contributed by atoms with Crippen LogP contribution in [0.1, 0.15) is 54.8 Å². The molecule has 4 rings (SSSR count). The standard InChI is InChI=1S/C17H22N6O/c1-2-8-22-12-20-21-15(22)13-9-23(10-17(13)5-3-6-17)16(24)14-4-7-18-11-19-14/h4,7,11-13H,2-3,5-6,8-10H2,1H3. The number of carbonyl (C=O) groups is 1. The molecule has 1 aliphatic heterocycles. The van der Waals surface area contributed by atoms with Crippen LogP contribution in [0.3, 0.4) is 0 Å². The fourth-order valence-electron chi connectivity index (χ4n) is 4.14. The molecule has 1 aliphatic carbocycles. The highest BCUT2D eigenvalue weighted by Gasteiger charge is 2.53. The summed E-state index contributed by atoms with van der Waals surface area (Å²) in [6.45, 7) is 4.57. The van der Waals surface area contributed by atoms with Gasteiger partial charge in [-0.25, -0.2) is 9.97 Å². The van der Waals surface area contributed by atoms with Crippen molar-refractivity contribution in [1.82, 2.24) is 29.6 Å². The van der Waals surface area contributed by atoms with Crippen LogP contribution >= 0.6 is 0 Å². The average molecular weight is 326 g/mol. The Labute approximate surface area is 141 Å². The molecule has 1 spiro atoms. The van der Waals surface area contributed by atoms with Gasteiger partial charge in [0.2, 0.25) is 0 Å². The van der Waals surface area contributed by atoms with Crippen molar-refractivity contribution in [3.05, 3.63) is 36.4 Å². The van der Waals surface area contributed by atoms with Crippen molar-refractivity contribution in [2.75, 3.05) is 13.1 Å². The minimum absolute atomic E-state index is 0.00673. The quantitative estimate of drug-likeness (QED) is 0.857. The van der Waals surface area contributed by atoms with Crippen LogP contribution < -0.4 is 0 Å². The third kappa shape index (κ3) is 2.39. The number of hydrogen-bond donors (Lipinski definition) is 0. The molecule has 24 heavy (non-hydrogen) atoms. The lowest BCUT2D eigenvalue weighted by molar-refractivity contribution is 0.0717. The van der Waals surface area contributed by atoms with Crippen LogP contribution in [0.5, 0.6) is 0 Å². The molecule has 1 saturated heterocycles. The van der Waals surface area contributed by atoms with E-state index in [2.05, 4.69) is 31.7 Å². The first kappa shape index (κ1) is 15.2. The fourth-order valence-corrected chi connectivity index (χ4v) is 4.14. The van der Waals surface area contributed by atoms with Crippen molar-refractivity contribution in [3.8, 4) is 0 Å². The lowest BCUT2D eigenvalue weighted by Crippen LogP contribution is -2.38. The normalized spacial score (nSPS) is 21.9. The van der Waals surface area contributed by atoms with E-state index in [0.29, 0.717) is 12.2 Å². The molecule has 7 nitrogen and oxygen atoms in total. The maximum Gasteiger partial charge on any atom is 0.272 e. The summed E-state index contributed by atoms with van der Waals surface area (Å²) in [5, 5.41) is 8.54. The van der Waals surface area contributed by atoms with Gasteiger partial charge in [-0.1, -0.05) is 13.3 Å². The molecule has 0 aromatic carbocycles. The Morgan fingerprint density at radius 1 is 1.42 bits per heavy atom. The molecule has 0 radical (unpaired) electrons. The molecule has 0 N–H and O–H groups in total. The highest BCUT2D eigenvalue weighted by molar-refractivity contribution is 5.92. The topological polar surface area (TPSA) is 76.8 Å². The minimum atomic E-state index is -0.00673. The summed E-state index contributed by atoms with van der Waals surface area (Å²) in [6.07, 6.45) is 9.46. The second kappa shape index (κ2) is 5.96. The molecule has 126 valence electrons. The molecule has 7 heteroatoms. The number of nitrogens with zero attached hydrogens (tertiary/aromatic N) is 6. The highest BCUT2D eigenvalue weighted by Crippen LogP contribution is 2.55. The van der Waals surface area contributed by atoms with Gasteiger partial charge in [0.1, 0.15) is 24.2 Å². The maximum atomic E-state index is 12.8. The van der Waals surface area contributed by atoms with E-state index < -0.39 is 0 Å². The van der Waals surface area contributed by atoms with Crippen LogP contribution in [0.15, 0.2) is 24.9 Å². The van der Waals surface area contributed by atoms with E-state index in [0.717, 1.165) is 38.2 Å². The maximum absolute atomic E-state index is 12.8. The second-order valence-electron chi connectivity index (χ2n) is 6.93. The SMILES string of the molecule is CCCn1cnnc1C1CN(C(=O)c2ccncn2)CC12CCC2. The van der Waals surface area contributed by atoms with Gasteiger partial charge >= 0.3 is 0 Å². The Hall–Kier alpha value is -2.31. The van der Waals surface area contributed by atoms with Gasteiger partial charge in [-0.3, -0.25) is 4.79 Å². The summed E-state index contributed by atoms with van der Waals surface area (Å²) >= 11 is 0. The van der Waals surface area contributed by atoms with Gasteiger partial charge in [0.15, 0.2) is 0 Å². The van der Waals surface area contributed by atoms with Crippen molar-refractivity contribution >= 4 is 5.91 Å². The molecule has 2 aliphatic rings. The Balaban J connectivity index is 1.61. The third-order valence-corrected chi connectivity index (χ3v) is 5.51. The van der Waals surface area contributed by atoms with E-state index in [-0.39, 0.29) is 17.2 Å². The first-order valence-electron chi connectivity index (χ1n) is 8.66. The monoisotopic (exact) mass is 326 g/mol. The second-order valence-corrected chi connectivity index (χ2v) is 6.93. The molecule has 2 aromatic rings. The first-order chi connectivity index (χ1) is 11.7. The van der Waals surface area contributed by atoms with Crippen molar-refractivity contribution < 1.29 is 4.79 Å². The summed E-state index contributed by atoms with van der Waals surface area (Å²) in [5.74, 6) is 1.30. The number of rotatable bonds is 4. The smallest absolute Gasteiger partial charge is 0.272 e. The summed E-state index contributed by atoms with van der Waals surface area (Å²) < 4.78 is 2.16. The zero-order chi connectivity index (χ0) is 16.6. The summed E-state index contributed by atoms with van der Waals surface area (Å²) in [5.41, 5.74) is 0.636. The van der Waals surface area contributed by atoms with Crippen molar-refractivity contribution in [3.63, 3.8) is 0 Å². The van der Waals surface area contributed by atoms with E-state index in [1.165, 1.54) is 12.7 Å².